The van der Waals surface area contributed by atoms with Gasteiger partial charge in [-0.25, -0.2) is 0 Å². The van der Waals surface area contributed by atoms with Crippen LogP contribution in [0.5, 0.6) is 0 Å². The minimum Gasteiger partial charge on any atom is -0.460 e. The average Bonchev–Trinajstić information content (AvgIpc) is 2.13. The van der Waals surface area contributed by atoms with E-state index in [9.17, 15) is 9.59 Å². The van der Waals surface area contributed by atoms with E-state index in [1.165, 1.54) is 0 Å². The number of ether oxygens (including phenoxy) is 1. The molecular formula is C13H24O3. The maximum atomic E-state index is 11.5. The van der Waals surface area contributed by atoms with E-state index in [4.69, 9.17) is 4.74 Å². The quantitative estimate of drug-likeness (QED) is 0.382. The third-order valence-corrected chi connectivity index (χ3v) is 2.22. The number of hydrogen-bond donors (Lipinski definition) is 0. The van der Waals surface area contributed by atoms with Crippen molar-refractivity contribution in [3.8, 4) is 0 Å². The largest absolute Gasteiger partial charge is 0.460 e. The van der Waals surface area contributed by atoms with Crippen molar-refractivity contribution >= 4 is 12.3 Å². The van der Waals surface area contributed by atoms with Gasteiger partial charge in [0.2, 0.25) is 0 Å². The van der Waals surface area contributed by atoms with Gasteiger partial charge in [-0.15, -0.1) is 0 Å². The zero-order valence-electron chi connectivity index (χ0n) is 10.9. The van der Waals surface area contributed by atoms with Crippen LogP contribution in [0, 0.1) is 5.92 Å². The summed E-state index contributed by atoms with van der Waals surface area (Å²) < 4.78 is 5.18. The SMILES string of the molecule is CCCCC[C@@H](C=O)CC(=O)OC(C)(C)C. The molecule has 1 atom stereocenters. The first-order valence-corrected chi connectivity index (χ1v) is 6.06. The molecule has 0 unspecified atom stereocenters. The average molecular weight is 228 g/mol. The highest BCUT2D eigenvalue weighted by Crippen LogP contribution is 2.15. The van der Waals surface area contributed by atoms with Crippen molar-refractivity contribution in [2.24, 2.45) is 5.92 Å². The predicted molar refractivity (Wildman–Crippen MR) is 64.2 cm³/mol. The van der Waals surface area contributed by atoms with E-state index in [0.717, 1.165) is 32.0 Å². The van der Waals surface area contributed by atoms with E-state index >= 15 is 0 Å². The van der Waals surface area contributed by atoms with Crippen LogP contribution in [-0.2, 0) is 14.3 Å². The Hall–Kier alpha value is -0.860. The van der Waals surface area contributed by atoms with Gasteiger partial charge >= 0.3 is 5.97 Å². The summed E-state index contributed by atoms with van der Waals surface area (Å²) >= 11 is 0. The molecular weight excluding hydrogens is 204 g/mol. The minimum absolute atomic E-state index is 0.179. The summed E-state index contributed by atoms with van der Waals surface area (Å²) in [5.41, 5.74) is -0.464. The van der Waals surface area contributed by atoms with Gasteiger partial charge in [0, 0.05) is 5.92 Å². The minimum atomic E-state index is -0.464. The number of unbranched alkanes of at least 4 members (excludes halogenated alkanes) is 2. The standard InChI is InChI=1S/C13H24O3/c1-5-6-7-8-11(10-14)9-12(15)16-13(2,3)4/h10-11H,5-9H2,1-4H3/t11-/m1/s1. The Morgan fingerprint density at radius 3 is 2.38 bits per heavy atom. The van der Waals surface area contributed by atoms with Crippen molar-refractivity contribution in [3.05, 3.63) is 0 Å². The maximum absolute atomic E-state index is 11.5. The third-order valence-electron chi connectivity index (χ3n) is 2.22. The Morgan fingerprint density at radius 1 is 1.31 bits per heavy atom. The highest BCUT2D eigenvalue weighted by Gasteiger charge is 2.19. The highest BCUT2D eigenvalue weighted by molar-refractivity contribution is 5.74. The van der Waals surface area contributed by atoms with E-state index in [1.807, 2.05) is 20.8 Å². The molecule has 0 bridgehead atoms. The normalized spacial score (nSPS) is 13.2. The van der Waals surface area contributed by atoms with Crippen LogP contribution in [0.2, 0.25) is 0 Å². The molecule has 0 saturated carbocycles. The molecule has 3 heteroatoms. The van der Waals surface area contributed by atoms with Gasteiger partial charge in [-0.1, -0.05) is 26.2 Å². The Balaban J connectivity index is 3.92. The molecule has 94 valence electrons. The number of rotatable bonds is 7. The molecule has 0 radical (unpaired) electrons. The van der Waals surface area contributed by atoms with E-state index in [0.29, 0.717) is 0 Å². The zero-order valence-corrected chi connectivity index (χ0v) is 10.9. The number of aldehydes is 1. The van der Waals surface area contributed by atoms with Gasteiger partial charge in [-0.05, 0) is 27.2 Å². The lowest BCUT2D eigenvalue weighted by Gasteiger charge is -2.20. The molecule has 0 heterocycles. The molecule has 16 heavy (non-hydrogen) atoms. The number of hydrogen-bond acceptors (Lipinski definition) is 3. The molecule has 0 spiro atoms. The van der Waals surface area contributed by atoms with Gasteiger partial charge in [0.05, 0.1) is 6.42 Å². The molecule has 0 N–H and O–H groups in total. The van der Waals surface area contributed by atoms with Crippen molar-refractivity contribution < 1.29 is 14.3 Å². The summed E-state index contributed by atoms with van der Waals surface area (Å²) in [5, 5.41) is 0. The summed E-state index contributed by atoms with van der Waals surface area (Å²) in [5.74, 6) is -0.456. The molecule has 0 aromatic carbocycles. The lowest BCUT2D eigenvalue weighted by Crippen LogP contribution is -2.25. The van der Waals surface area contributed by atoms with Crippen LogP contribution in [0.1, 0.15) is 59.8 Å². The van der Waals surface area contributed by atoms with Crippen LogP contribution < -0.4 is 0 Å². The monoisotopic (exact) mass is 228 g/mol. The van der Waals surface area contributed by atoms with Crippen LogP contribution in [0.3, 0.4) is 0 Å². The lowest BCUT2D eigenvalue weighted by molar-refractivity contribution is -0.156. The molecule has 0 aromatic rings. The van der Waals surface area contributed by atoms with Crippen molar-refractivity contribution in [1.82, 2.24) is 0 Å². The highest BCUT2D eigenvalue weighted by atomic mass is 16.6. The van der Waals surface area contributed by atoms with Gasteiger partial charge in [-0.3, -0.25) is 4.79 Å². The summed E-state index contributed by atoms with van der Waals surface area (Å²) in [6, 6.07) is 0. The molecule has 0 saturated heterocycles. The molecule has 3 nitrogen and oxygen atoms in total. The first-order chi connectivity index (χ1) is 7.39. The lowest BCUT2D eigenvalue weighted by atomic mass is 9.99. The number of carbonyl (C=O) groups is 2. The van der Waals surface area contributed by atoms with Crippen molar-refractivity contribution in [1.29, 1.82) is 0 Å². The molecule has 0 aliphatic heterocycles. The smallest absolute Gasteiger partial charge is 0.307 e. The van der Waals surface area contributed by atoms with Crippen molar-refractivity contribution in [2.45, 2.75) is 65.4 Å². The first kappa shape index (κ1) is 15.1. The summed E-state index contributed by atoms with van der Waals surface area (Å²) in [6.07, 6.45) is 5.11. The fraction of sp³-hybridized carbons (Fsp3) is 0.846. The van der Waals surface area contributed by atoms with E-state index in [2.05, 4.69) is 6.92 Å². The van der Waals surface area contributed by atoms with Crippen LogP contribution in [0.15, 0.2) is 0 Å². The Bertz CT molecular complexity index is 216. The van der Waals surface area contributed by atoms with Crippen LogP contribution >= 0.6 is 0 Å². The van der Waals surface area contributed by atoms with Crippen LogP contribution in [-0.4, -0.2) is 17.9 Å². The van der Waals surface area contributed by atoms with Crippen molar-refractivity contribution in [3.63, 3.8) is 0 Å². The van der Waals surface area contributed by atoms with Gasteiger partial charge < -0.3 is 9.53 Å². The Labute approximate surface area is 98.6 Å². The van der Waals surface area contributed by atoms with Gasteiger partial charge in [0.25, 0.3) is 0 Å². The zero-order chi connectivity index (χ0) is 12.6. The van der Waals surface area contributed by atoms with E-state index < -0.39 is 5.60 Å². The number of esters is 1. The molecule has 0 aliphatic rings. The second-order valence-corrected chi connectivity index (χ2v) is 5.18. The second-order valence-electron chi connectivity index (χ2n) is 5.18. The van der Waals surface area contributed by atoms with Crippen LogP contribution in [0.4, 0.5) is 0 Å². The fourth-order valence-corrected chi connectivity index (χ4v) is 1.47. The van der Waals surface area contributed by atoms with Crippen molar-refractivity contribution in [2.75, 3.05) is 0 Å². The summed E-state index contributed by atoms with van der Waals surface area (Å²) in [4.78, 5) is 22.3. The van der Waals surface area contributed by atoms with Gasteiger partial charge in [0.1, 0.15) is 11.9 Å². The first-order valence-electron chi connectivity index (χ1n) is 6.06. The molecule has 0 aliphatic carbocycles. The van der Waals surface area contributed by atoms with E-state index in [-0.39, 0.29) is 18.3 Å². The Morgan fingerprint density at radius 2 is 1.94 bits per heavy atom. The molecule has 0 fully saturated rings. The fourth-order valence-electron chi connectivity index (χ4n) is 1.47. The van der Waals surface area contributed by atoms with Gasteiger partial charge in [-0.2, -0.15) is 0 Å². The van der Waals surface area contributed by atoms with E-state index in [1.54, 1.807) is 0 Å². The van der Waals surface area contributed by atoms with Gasteiger partial charge in [0.15, 0.2) is 0 Å². The molecule has 0 aromatic heterocycles. The second kappa shape index (κ2) is 7.42. The number of carbonyl (C=O) groups excluding carboxylic acids is 2. The Kier molecular flexibility index (Phi) is 7.02. The molecule has 0 amide bonds. The predicted octanol–water partition coefficient (Wildman–Crippen LogP) is 3.11. The third kappa shape index (κ3) is 8.45. The topological polar surface area (TPSA) is 43.4 Å². The van der Waals surface area contributed by atoms with Crippen LogP contribution in [0.25, 0.3) is 0 Å². The molecule has 0 rings (SSSR count). The summed E-state index contributed by atoms with van der Waals surface area (Å²) in [6.45, 7) is 7.61. The summed E-state index contributed by atoms with van der Waals surface area (Å²) in [7, 11) is 0. The maximum Gasteiger partial charge on any atom is 0.307 e.